The van der Waals surface area contributed by atoms with Gasteiger partial charge < -0.3 is 14.2 Å². The second kappa shape index (κ2) is 10.5. The van der Waals surface area contributed by atoms with Crippen molar-refractivity contribution in [1.29, 1.82) is 0 Å². The molecule has 4 rings (SSSR count). The van der Waals surface area contributed by atoms with Crippen LogP contribution in [0.4, 0.5) is 4.79 Å². The fourth-order valence-corrected chi connectivity index (χ4v) is 6.50. The summed E-state index contributed by atoms with van der Waals surface area (Å²) in [5.74, 6) is -0.0340. The summed E-state index contributed by atoms with van der Waals surface area (Å²) in [7, 11) is -1.88. The van der Waals surface area contributed by atoms with Crippen molar-refractivity contribution in [3.63, 3.8) is 0 Å². The van der Waals surface area contributed by atoms with Crippen LogP contribution in [0, 0.1) is 0 Å². The van der Waals surface area contributed by atoms with Crippen molar-refractivity contribution in [2.75, 3.05) is 32.8 Å². The van der Waals surface area contributed by atoms with E-state index < -0.39 is 22.0 Å². The molecule has 2 aromatic carbocycles. The number of nitrogens with zero attached hydrogens (tertiary/aromatic N) is 4. The zero-order chi connectivity index (χ0) is 26.0. The summed E-state index contributed by atoms with van der Waals surface area (Å²) in [5.41, 5.74) is 2.53. The molecule has 0 bridgehead atoms. The molecule has 9 nitrogen and oxygen atoms in total. The summed E-state index contributed by atoms with van der Waals surface area (Å²) in [4.78, 5) is 31.2. The Bertz CT molecular complexity index is 1450. The van der Waals surface area contributed by atoms with E-state index in [1.165, 1.54) is 50.4 Å². The molecular formula is C25H30N4O5S2. The van der Waals surface area contributed by atoms with Gasteiger partial charge in [-0.25, -0.2) is 13.2 Å². The van der Waals surface area contributed by atoms with E-state index in [1.807, 2.05) is 17.7 Å². The van der Waals surface area contributed by atoms with E-state index in [1.54, 1.807) is 6.92 Å². The average Bonchev–Trinajstić information content (AvgIpc) is 3.18. The number of carbonyl (C=O) groups is 2. The minimum atomic E-state index is -3.75. The molecular weight excluding hydrogens is 500 g/mol. The van der Waals surface area contributed by atoms with Gasteiger partial charge in [0.15, 0.2) is 4.80 Å². The highest BCUT2D eigenvalue weighted by atomic mass is 32.2. The van der Waals surface area contributed by atoms with Gasteiger partial charge in [0.2, 0.25) is 10.0 Å². The predicted molar refractivity (Wildman–Crippen MR) is 139 cm³/mol. The number of ether oxygens (including phenoxy) is 1. The number of hydrogen-bond donors (Lipinski definition) is 0. The molecule has 0 aliphatic carbocycles. The van der Waals surface area contributed by atoms with Crippen LogP contribution >= 0.6 is 11.3 Å². The molecule has 2 amide bonds. The van der Waals surface area contributed by atoms with Crippen LogP contribution in [0.5, 0.6) is 0 Å². The standard InChI is InChI=1S/C25H30N4O5S2/c1-5-34-25(31)28-12-14-29(15-13-28)36(32,33)20-9-6-18(7-10-20)23(30)26-24-27(4)21-11-8-19(17(2)3)16-22(21)35-24/h6-11,16-17H,5,12-15H2,1-4H3. The van der Waals surface area contributed by atoms with E-state index in [9.17, 15) is 18.0 Å². The highest BCUT2D eigenvalue weighted by Crippen LogP contribution is 2.23. The quantitative estimate of drug-likeness (QED) is 0.502. The number of aromatic nitrogens is 1. The highest BCUT2D eigenvalue weighted by Gasteiger charge is 2.30. The molecule has 3 aromatic rings. The molecule has 0 radical (unpaired) electrons. The topological polar surface area (TPSA) is 101 Å². The Morgan fingerprint density at radius 1 is 1.06 bits per heavy atom. The van der Waals surface area contributed by atoms with Gasteiger partial charge in [0.1, 0.15) is 0 Å². The molecule has 1 aromatic heterocycles. The number of benzene rings is 2. The molecule has 1 saturated heterocycles. The zero-order valence-corrected chi connectivity index (χ0v) is 22.4. The highest BCUT2D eigenvalue weighted by molar-refractivity contribution is 7.89. The number of piperazine rings is 1. The number of thiazole rings is 1. The van der Waals surface area contributed by atoms with Crippen LogP contribution in [0.15, 0.2) is 52.4 Å². The Labute approximate surface area is 214 Å². The summed E-state index contributed by atoms with van der Waals surface area (Å²) in [6.07, 6.45) is -0.437. The van der Waals surface area contributed by atoms with Gasteiger partial charge in [-0.3, -0.25) is 4.79 Å². The minimum Gasteiger partial charge on any atom is -0.450 e. The van der Waals surface area contributed by atoms with Gasteiger partial charge in [-0.15, -0.1) is 0 Å². The number of carbonyl (C=O) groups excluding carboxylic acids is 2. The van der Waals surface area contributed by atoms with Crippen LogP contribution in [0.1, 0.15) is 42.6 Å². The smallest absolute Gasteiger partial charge is 0.409 e. The Morgan fingerprint density at radius 2 is 1.72 bits per heavy atom. The minimum absolute atomic E-state index is 0.0947. The van der Waals surface area contributed by atoms with E-state index in [-0.39, 0.29) is 37.7 Å². The Balaban J connectivity index is 1.50. The number of amides is 2. The lowest BCUT2D eigenvalue weighted by atomic mass is 10.0. The van der Waals surface area contributed by atoms with Gasteiger partial charge in [0.25, 0.3) is 5.91 Å². The summed E-state index contributed by atoms with van der Waals surface area (Å²) in [6, 6.07) is 12.1. The molecule has 1 aliphatic rings. The van der Waals surface area contributed by atoms with Crippen LogP contribution in [0.25, 0.3) is 10.2 Å². The maximum absolute atomic E-state index is 13.1. The summed E-state index contributed by atoms with van der Waals surface area (Å²) < 4.78 is 35.4. The largest absolute Gasteiger partial charge is 0.450 e. The van der Waals surface area contributed by atoms with Crippen molar-refractivity contribution < 1.29 is 22.7 Å². The third kappa shape index (κ3) is 5.23. The number of aryl methyl sites for hydroxylation is 1. The summed E-state index contributed by atoms with van der Waals surface area (Å²) >= 11 is 1.45. The maximum Gasteiger partial charge on any atom is 0.409 e. The average molecular weight is 531 g/mol. The van der Waals surface area contributed by atoms with Crippen molar-refractivity contribution >= 4 is 43.6 Å². The van der Waals surface area contributed by atoms with E-state index >= 15 is 0 Å². The Morgan fingerprint density at radius 3 is 2.33 bits per heavy atom. The number of hydrogen-bond acceptors (Lipinski definition) is 6. The zero-order valence-electron chi connectivity index (χ0n) is 20.8. The van der Waals surface area contributed by atoms with Crippen molar-refractivity contribution in [1.82, 2.24) is 13.8 Å². The van der Waals surface area contributed by atoms with Gasteiger partial charge >= 0.3 is 6.09 Å². The molecule has 1 aliphatic heterocycles. The summed E-state index contributed by atoms with van der Waals surface area (Å²) in [6.45, 7) is 7.15. The molecule has 0 atom stereocenters. The molecule has 1 fully saturated rings. The predicted octanol–water partition coefficient (Wildman–Crippen LogP) is 3.57. The SMILES string of the molecule is CCOC(=O)N1CCN(S(=O)(=O)c2ccc(C(=O)N=c3sc4cc(C(C)C)ccc4n3C)cc2)CC1. The normalized spacial score (nSPS) is 15.6. The molecule has 11 heteroatoms. The first-order valence-corrected chi connectivity index (χ1v) is 14.1. The van der Waals surface area contributed by atoms with E-state index in [2.05, 4.69) is 31.0 Å². The van der Waals surface area contributed by atoms with Gasteiger partial charge in [-0.1, -0.05) is 31.3 Å². The van der Waals surface area contributed by atoms with Crippen LogP contribution in [0.3, 0.4) is 0 Å². The second-order valence-corrected chi connectivity index (χ2v) is 11.8. The molecule has 36 heavy (non-hydrogen) atoms. The lowest BCUT2D eigenvalue weighted by molar-refractivity contribution is 0.0933. The third-order valence-corrected chi connectivity index (χ3v) is 9.21. The second-order valence-electron chi connectivity index (χ2n) is 8.86. The third-order valence-electron chi connectivity index (χ3n) is 6.20. The first-order valence-electron chi connectivity index (χ1n) is 11.8. The monoisotopic (exact) mass is 530 g/mol. The van der Waals surface area contributed by atoms with Gasteiger partial charge in [0.05, 0.1) is 21.7 Å². The fraction of sp³-hybridized carbons (Fsp3) is 0.400. The van der Waals surface area contributed by atoms with Crippen LogP contribution in [0.2, 0.25) is 0 Å². The number of rotatable bonds is 5. The van der Waals surface area contributed by atoms with Crippen molar-refractivity contribution in [3.05, 3.63) is 58.4 Å². The lowest BCUT2D eigenvalue weighted by Crippen LogP contribution is -2.50. The molecule has 2 heterocycles. The maximum atomic E-state index is 13.1. The molecule has 0 unspecified atom stereocenters. The first kappa shape index (κ1) is 26.1. The molecule has 192 valence electrons. The summed E-state index contributed by atoms with van der Waals surface area (Å²) in [5, 5.41) is 0. The van der Waals surface area contributed by atoms with E-state index in [0.29, 0.717) is 16.3 Å². The number of sulfonamides is 1. The van der Waals surface area contributed by atoms with Crippen molar-refractivity contribution in [3.8, 4) is 0 Å². The molecule has 0 saturated carbocycles. The van der Waals surface area contributed by atoms with E-state index in [4.69, 9.17) is 4.74 Å². The first-order chi connectivity index (χ1) is 17.1. The van der Waals surface area contributed by atoms with Gasteiger partial charge in [-0.05, 0) is 54.8 Å². The Hall–Kier alpha value is -3.02. The number of fused-ring (bicyclic) bond motifs is 1. The van der Waals surface area contributed by atoms with Crippen LogP contribution in [-0.4, -0.2) is 67.0 Å². The lowest BCUT2D eigenvalue weighted by Gasteiger charge is -2.33. The van der Waals surface area contributed by atoms with Gasteiger partial charge in [-0.2, -0.15) is 9.30 Å². The van der Waals surface area contributed by atoms with Crippen molar-refractivity contribution in [2.24, 2.45) is 12.0 Å². The van der Waals surface area contributed by atoms with E-state index in [0.717, 1.165) is 10.2 Å². The molecule has 0 N–H and O–H groups in total. The van der Waals surface area contributed by atoms with Crippen molar-refractivity contribution in [2.45, 2.75) is 31.6 Å². The van der Waals surface area contributed by atoms with Crippen LogP contribution < -0.4 is 4.80 Å². The molecule has 0 spiro atoms. The Kier molecular flexibility index (Phi) is 7.62. The van der Waals surface area contributed by atoms with Gasteiger partial charge in [0, 0.05) is 38.8 Å². The fourth-order valence-electron chi connectivity index (χ4n) is 4.01. The van der Waals surface area contributed by atoms with Crippen LogP contribution in [-0.2, 0) is 21.8 Å².